The zero-order chi connectivity index (χ0) is 11.1. The SMILES string of the molecule is C=CC1C=C1c1ccc(C2=CC2C=C)cc1. The van der Waals surface area contributed by atoms with E-state index in [2.05, 4.69) is 49.6 Å². The standard InChI is InChI=1S/C16H14/c1-3-11-9-15(11)13-5-7-14(8-6-13)16-10-12(16)4-2/h3-12H,1-2H2. The third kappa shape index (κ3) is 1.47. The Labute approximate surface area is 96.3 Å². The molecule has 0 fully saturated rings. The van der Waals surface area contributed by atoms with Crippen LogP contribution >= 0.6 is 0 Å². The summed E-state index contributed by atoms with van der Waals surface area (Å²) < 4.78 is 0. The number of rotatable bonds is 4. The second kappa shape index (κ2) is 3.34. The van der Waals surface area contributed by atoms with Gasteiger partial charge in [0, 0.05) is 11.8 Å². The Morgan fingerprint density at radius 2 is 1.12 bits per heavy atom. The zero-order valence-electron chi connectivity index (χ0n) is 9.19. The first kappa shape index (κ1) is 9.41. The van der Waals surface area contributed by atoms with E-state index in [4.69, 9.17) is 0 Å². The highest BCUT2D eigenvalue weighted by molar-refractivity contribution is 5.85. The van der Waals surface area contributed by atoms with E-state index < -0.39 is 0 Å². The fourth-order valence-electron chi connectivity index (χ4n) is 2.11. The minimum Gasteiger partial charge on any atom is -0.102 e. The third-order valence-corrected chi connectivity index (χ3v) is 3.28. The lowest BCUT2D eigenvalue weighted by atomic mass is 10.0. The van der Waals surface area contributed by atoms with Crippen molar-refractivity contribution >= 4 is 11.1 Å². The van der Waals surface area contributed by atoms with Crippen molar-refractivity contribution in [2.24, 2.45) is 11.8 Å². The van der Waals surface area contributed by atoms with E-state index >= 15 is 0 Å². The van der Waals surface area contributed by atoms with Gasteiger partial charge in [-0.25, -0.2) is 0 Å². The lowest BCUT2D eigenvalue weighted by molar-refractivity contribution is 1.26. The maximum absolute atomic E-state index is 3.80. The molecule has 0 saturated heterocycles. The summed E-state index contributed by atoms with van der Waals surface area (Å²) in [5, 5.41) is 0. The summed E-state index contributed by atoms with van der Waals surface area (Å²) in [5.41, 5.74) is 5.47. The van der Waals surface area contributed by atoms with E-state index in [0.29, 0.717) is 11.8 Å². The first-order valence-corrected chi connectivity index (χ1v) is 5.63. The van der Waals surface area contributed by atoms with Crippen LogP contribution in [0.25, 0.3) is 11.1 Å². The van der Waals surface area contributed by atoms with Crippen LogP contribution in [-0.4, -0.2) is 0 Å². The van der Waals surface area contributed by atoms with E-state index in [1.807, 2.05) is 12.2 Å². The van der Waals surface area contributed by atoms with Crippen LogP contribution in [0.15, 0.2) is 61.7 Å². The molecule has 0 aromatic heterocycles. The molecule has 78 valence electrons. The summed E-state index contributed by atoms with van der Waals surface area (Å²) in [4.78, 5) is 0. The predicted octanol–water partition coefficient (Wildman–Crippen LogP) is 4.09. The van der Waals surface area contributed by atoms with Gasteiger partial charge in [-0.05, 0) is 22.3 Å². The van der Waals surface area contributed by atoms with Crippen LogP contribution in [0.5, 0.6) is 0 Å². The van der Waals surface area contributed by atoms with Gasteiger partial charge in [0.2, 0.25) is 0 Å². The maximum Gasteiger partial charge on any atom is 0.0205 e. The summed E-state index contributed by atoms with van der Waals surface area (Å²) in [5.74, 6) is 1.01. The van der Waals surface area contributed by atoms with E-state index in [1.54, 1.807) is 0 Å². The van der Waals surface area contributed by atoms with Crippen LogP contribution in [0.4, 0.5) is 0 Å². The van der Waals surface area contributed by atoms with Crippen LogP contribution in [0.3, 0.4) is 0 Å². The molecule has 0 saturated carbocycles. The van der Waals surface area contributed by atoms with E-state index in [1.165, 1.54) is 22.3 Å². The molecule has 2 aliphatic carbocycles. The fraction of sp³-hybridized carbons (Fsp3) is 0.125. The van der Waals surface area contributed by atoms with Crippen LogP contribution in [0.2, 0.25) is 0 Å². The topological polar surface area (TPSA) is 0 Å². The lowest BCUT2D eigenvalue weighted by Gasteiger charge is -2.00. The minimum atomic E-state index is 0.506. The molecule has 1 aromatic carbocycles. The van der Waals surface area contributed by atoms with Gasteiger partial charge >= 0.3 is 0 Å². The third-order valence-electron chi connectivity index (χ3n) is 3.28. The van der Waals surface area contributed by atoms with Crippen LogP contribution in [0, 0.1) is 11.8 Å². The highest BCUT2D eigenvalue weighted by atomic mass is 14.3. The monoisotopic (exact) mass is 206 g/mol. The molecule has 16 heavy (non-hydrogen) atoms. The highest BCUT2D eigenvalue weighted by Gasteiger charge is 2.24. The van der Waals surface area contributed by atoms with Crippen molar-refractivity contribution in [3.05, 3.63) is 72.9 Å². The molecular formula is C16H14. The molecule has 0 aliphatic heterocycles. The Morgan fingerprint density at radius 3 is 1.38 bits per heavy atom. The quantitative estimate of drug-likeness (QED) is 0.651. The van der Waals surface area contributed by atoms with Crippen molar-refractivity contribution in [1.82, 2.24) is 0 Å². The molecule has 0 nitrogen and oxygen atoms in total. The van der Waals surface area contributed by atoms with Gasteiger partial charge < -0.3 is 0 Å². The van der Waals surface area contributed by atoms with Gasteiger partial charge in [0.15, 0.2) is 0 Å². The normalized spacial score (nSPS) is 25.5. The molecule has 0 radical (unpaired) electrons. The molecule has 0 heterocycles. The molecule has 2 aliphatic rings. The maximum atomic E-state index is 3.80. The van der Waals surface area contributed by atoms with Crippen molar-refractivity contribution in [3.8, 4) is 0 Å². The van der Waals surface area contributed by atoms with Crippen LogP contribution in [0.1, 0.15) is 11.1 Å². The largest absolute Gasteiger partial charge is 0.102 e. The molecule has 0 N–H and O–H groups in total. The Hall–Kier alpha value is -1.82. The first-order chi connectivity index (χ1) is 7.83. The average molecular weight is 206 g/mol. The summed E-state index contributed by atoms with van der Waals surface area (Å²) in [6.45, 7) is 7.61. The number of hydrogen-bond acceptors (Lipinski definition) is 0. The highest BCUT2D eigenvalue weighted by Crippen LogP contribution is 2.42. The fourth-order valence-corrected chi connectivity index (χ4v) is 2.11. The van der Waals surface area contributed by atoms with Gasteiger partial charge in [0.25, 0.3) is 0 Å². The Bertz CT molecular complexity index is 462. The zero-order valence-corrected chi connectivity index (χ0v) is 9.19. The van der Waals surface area contributed by atoms with Crippen LogP contribution < -0.4 is 0 Å². The van der Waals surface area contributed by atoms with E-state index in [-0.39, 0.29) is 0 Å². The second-order valence-corrected chi connectivity index (χ2v) is 4.34. The number of hydrogen-bond donors (Lipinski definition) is 0. The summed E-state index contributed by atoms with van der Waals surface area (Å²) >= 11 is 0. The van der Waals surface area contributed by atoms with Crippen molar-refractivity contribution in [2.45, 2.75) is 0 Å². The molecule has 0 amide bonds. The van der Waals surface area contributed by atoms with Gasteiger partial charge in [0.1, 0.15) is 0 Å². The Kier molecular flexibility index (Phi) is 1.97. The van der Waals surface area contributed by atoms with Gasteiger partial charge in [-0.3, -0.25) is 0 Å². The van der Waals surface area contributed by atoms with Crippen molar-refractivity contribution < 1.29 is 0 Å². The lowest BCUT2D eigenvalue weighted by Crippen LogP contribution is -1.81. The van der Waals surface area contributed by atoms with Gasteiger partial charge in [-0.2, -0.15) is 0 Å². The number of allylic oxidation sites excluding steroid dienone is 6. The second-order valence-electron chi connectivity index (χ2n) is 4.34. The van der Waals surface area contributed by atoms with Crippen molar-refractivity contribution in [1.29, 1.82) is 0 Å². The van der Waals surface area contributed by atoms with Gasteiger partial charge in [0.05, 0.1) is 0 Å². The number of benzene rings is 1. The Morgan fingerprint density at radius 1 is 0.750 bits per heavy atom. The van der Waals surface area contributed by atoms with Gasteiger partial charge in [-0.1, -0.05) is 48.6 Å². The first-order valence-electron chi connectivity index (χ1n) is 5.63. The minimum absolute atomic E-state index is 0.506. The van der Waals surface area contributed by atoms with Crippen molar-refractivity contribution in [2.75, 3.05) is 0 Å². The molecule has 3 rings (SSSR count). The summed E-state index contributed by atoms with van der Waals surface area (Å²) in [6.07, 6.45) is 8.46. The molecule has 1 aromatic rings. The van der Waals surface area contributed by atoms with Crippen LogP contribution in [-0.2, 0) is 0 Å². The summed E-state index contributed by atoms with van der Waals surface area (Å²) in [7, 11) is 0. The van der Waals surface area contributed by atoms with Gasteiger partial charge in [-0.15, -0.1) is 13.2 Å². The molecule has 2 atom stereocenters. The van der Waals surface area contributed by atoms with E-state index in [0.717, 1.165) is 0 Å². The average Bonchev–Trinajstić information content (AvgIpc) is 3.22. The predicted molar refractivity (Wildman–Crippen MR) is 69.8 cm³/mol. The Balaban J connectivity index is 1.77. The molecule has 0 heteroatoms. The smallest absolute Gasteiger partial charge is 0.0205 e. The molecule has 2 unspecified atom stereocenters. The molecule has 0 bridgehead atoms. The summed E-state index contributed by atoms with van der Waals surface area (Å²) in [6, 6.07) is 8.79. The molecule has 0 spiro atoms. The molecular weight excluding hydrogens is 192 g/mol. The van der Waals surface area contributed by atoms with Crippen molar-refractivity contribution in [3.63, 3.8) is 0 Å². The van der Waals surface area contributed by atoms with E-state index in [9.17, 15) is 0 Å².